The molecule has 0 aliphatic carbocycles. The highest BCUT2D eigenvalue weighted by Crippen LogP contribution is 2.19. The zero-order valence-electron chi connectivity index (χ0n) is 14.0. The maximum Gasteiger partial charge on any atom is 0.191 e. The van der Waals surface area contributed by atoms with Crippen LogP contribution in [0, 0.1) is 0 Å². The van der Waals surface area contributed by atoms with Crippen LogP contribution in [0.5, 0.6) is 0 Å². The summed E-state index contributed by atoms with van der Waals surface area (Å²) >= 11 is 5.94. The quantitative estimate of drug-likeness (QED) is 0.423. The van der Waals surface area contributed by atoms with Crippen LogP contribution in [0.2, 0.25) is 5.02 Å². The Morgan fingerprint density at radius 2 is 1.80 bits per heavy atom. The van der Waals surface area contributed by atoms with Gasteiger partial charge < -0.3 is 15.5 Å². The molecule has 0 unspecified atom stereocenters. The third-order valence-electron chi connectivity index (χ3n) is 4.16. The first kappa shape index (κ1) is 19.8. The molecule has 0 radical (unpaired) electrons. The molecule has 2 aromatic rings. The number of nitrogens with zero attached hydrogens (tertiary/aromatic N) is 4. The van der Waals surface area contributed by atoms with Gasteiger partial charge in [-0.25, -0.2) is 0 Å². The summed E-state index contributed by atoms with van der Waals surface area (Å²) in [6.07, 6.45) is 2.62. The van der Waals surface area contributed by atoms with E-state index in [2.05, 4.69) is 31.9 Å². The Morgan fingerprint density at radius 1 is 1.08 bits per heavy atom. The maximum absolute atomic E-state index is 6.14. The average Bonchev–Trinajstić information content (AvgIpc) is 2.63. The number of halogens is 2. The third kappa shape index (κ3) is 5.74. The van der Waals surface area contributed by atoms with Gasteiger partial charge in [-0.15, -0.1) is 24.0 Å². The van der Waals surface area contributed by atoms with E-state index in [0.717, 1.165) is 43.3 Å². The number of piperazine rings is 1. The number of aromatic nitrogens is 1. The number of hydrogen-bond acceptors (Lipinski definition) is 3. The van der Waals surface area contributed by atoms with Crippen LogP contribution >= 0.6 is 35.6 Å². The highest BCUT2D eigenvalue weighted by molar-refractivity contribution is 14.0. The van der Waals surface area contributed by atoms with Crippen molar-refractivity contribution in [1.29, 1.82) is 0 Å². The number of hydrogen-bond donors (Lipinski definition) is 1. The van der Waals surface area contributed by atoms with Crippen LogP contribution in [0.1, 0.15) is 5.69 Å². The minimum atomic E-state index is 0. The molecule has 2 N–H and O–H groups in total. The van der Waals surface area contributed by atoms with Crippen LogP contribution in [0.3, 0.4) is 0 Å². The van der Waals surface area contributed by atoms with Gasteiger partial charge in [0.2, 0.25) is 0 Å². The highest BCUT2D eigenvalue weighted by atomic mass is 127. The van der Waals surface area contributed by atoms with E-state index in [1.807, 2.05) is 30.3 Å². The van der Waals surface area contributed by atoms with Crippen molar-refractivity contribution in [3.63, 3.8) is 0 Å². The number of anilines is 1. The molecule has 0 saturated carbocycles. The topological polar surface area (TPSA) is 57.8 Å². The van der Waals surface area contributed by atoms with Crippen LogP contribution in [0.15, 0.2) is 53.7 Å². The Hall–Kier alpha value is -1.54. The first-order valence-corrected chi connectivity index (χ1v) is 8.55. The van der Waals surface area contributed by atoms with E-state index in [-0.39, 0.29) is 24.0 Å². The molecule has 25 heavy (non-hydrogen) atoms. The Bertz CT molecular complexity index is 670. The lowest BCUT2D eigenvalue weighted by molar-refractivity contribution is 0.381. The van der Waals surface area contributed by atoms with Gasteiger partial charge in [-0.05, 0) is 36.4 Å². The minimum Gasteiger partial charge on any atom is -0.370 e. The molecule has 134 valence electrons. The number of nitrogens with two attached hydrogens (primary N) is 1. The van der Waals surface area contributed by atoms with Crippen molar-refractivity contribution < 1.29 is 0 Å². The largest absolute Gasteiger partial charge is 0.370 e. The molecule has 7 heteroatoms. The van der Waals surface area contributed by atoms with Crippen LogP contribution in [0.4, 0.5) is 5.69 Å². The molecule has 1 aromatic heterocycles. The van der Waals surface area contributed by atoms with Crippen LogP contribution in [0.25, 0.3) is 0 Å². The Labute approximate surface area is 170 Å². The SMILES string of the molecule is I.NC(=NCCc1ccccn1)N1CCN(c2ccc(Cl)cc2)CC1. The molecule has 5 nitrogen and oxygen atoms in total. The normalized spacial score (nSPS) is 15.0. The Kier molecular flexibility index (Phi) is 7.77. The van der Waals surface area contributed by atoms with E-state index in [4.69, 9.17) is 17.3 Å². The molecule has 0 amide bonds. The van der Waals surface area contributed by atoms with Crippen molar-refractivity contribution in [1.82, 2.24) is 9.88 Å². The van der Waals surface area contributed by atoms with Gasteiger partial charge in [0.15, 0.2) is 5.96 Å². The first-order valence-electron chi connectivity index (χ1n) is 8.18. The van der Waals surface area contributed by atoms with Gasteiger partial charge in [-0.3, -0.25) is 9.98 Å². The number of guanidine groups is 1. The highest BCUT2D eigenvalue weighted by Gasteiger charge is 2.18. The summed E-state index contributed by atoms with van der Waals surface area (Å²) in [6, 6.07) is 13.9. The maximum atomic E-state index is 6.14. The average molecular weight is 472 g/mol. The van der Waals surface area contributed by atoms with Crippen LogP contribution in [-0.4, -0.2) is 48.6 Å². The van der Waals surface area contributed by atoms with Crippen LogP contribution < -0.4 is 10.6 Å². The van der Waals surface area contributed by atoms with E-state index >= 15 is 0 Å². The fraction of sp³-hybridized carbons (Fsp3) is 0.333. The van der Waals surface area contributed by atoms with E-state index in [1.54, 1.807) is 6.20 Å². The predicted molar refractivity (Wildman–Crippen MR) is 115 cm³/mol. The predicted octanol–water partition coefficient (Wildman–Crippen LogP) is 3.03. The Balaban J connectivity index is 0.00000225. The Morgan fingerprint density at radius 3 is 2.44 bits per heavy atom. The summed E-state index contributed by atoms with van der Waals surface area (Å²) in [5.74, 6) is 0.627. The van der Waals surface area contributed by atoms with Gasteiger partial charge in [0.1, 0.15) is 0 Å². The van der Waals surface area contributed by atoms with Gasteiger partial charge in [0.05, 0.1) is 0 Å². The van der Waals surface area contributed by atoms with E-state index in [1.165, 1.54) is 5.69 Å². The molecule has 2 heterocycles. The monoisotopic (exact) mass is 471 g/mol. The minimum absolute atomic E-state index is 0. The molecule has 1 aliphatic rings. The number of rotatable bonds is 4. The number of aliphatic imine (C=N–C) groups is 1. The summed E-state index contributed by atoms with van der Waals surface area (Å²) in [4.78, 5) is 13.3. The lowest BCUT2D eigenvalue weighted by atomic mass is 10.2. The van der Waals surface area contributed by atoms with Crippen molar-refractivity contribution in [3.8, 4) is 0 Å². The second kappa shape index (κ2) is 9.82. The van der Waals surface area contributed by atoms with E-state index in [0.29, 0.717) is 12.5 Å². The molecular weight excluding hydrogens is 449 g/mol. The fourth-order valence-corrected chi connectivity index (χ4v) is 2.90. The molecule has 3 rings (SSSR count). The van der Waals surface area contributed by atoms with Crippen molar-refractivity contribution >= 4 is 47.2 Å². The zero-order chi connectivity index (χ0) is 16.8. The van der Waals surface area contributed by atoms with Crippen molar-refractivity contribution in [2.75, 3.05) is 37.6 Å². The van der Waals surface area contributed by atoms with Crippen LogP contribution in [-0.2, 0) is 6.42 Å². The fourth-order valence-electron chi connectivity index (χ4n) is 2.78. The molecule has 0 atom stereocenters. The lowest BCUT2D eigenvalue weighted by Gasteiger charge is -2.36. The third-order valence-corrected chi connectivity index (χ3v) is 4.42. The summed E-state index contributed by atoms with van der Waals surface area (Å²) in [7, 11) is 0. The van der Waals surface area contributed by atoms with Gasteiger partial charge in [-0.2, -0.15) is 0 Å². The molecule has 1 fully saturated rings. The molecule has 0 spiro atoms. The van der Waals surface area contributed by atoms with Crippen molar-refractivity contribution in [2.45, 2.75) is 6.42 Å². The smallest absolute Gasteiger partial charge is 0.191 e. The zero-order valence-corrected chi connectivity index (χ0v) is 17.1. The second-order valence-electron chi connectivity index (χ2n) is 5.76. The van der Waals surface area contributed by atoms with E-state index < -0.39 is 0 Å². The van der Waals surface area contributed by atoms with Crippen molar-refractivity contribution in [3.05, 3.63) is 59.4 Å². The molecular formula is C18H23ClIN5. The lowest BCUT2D eigenvalue weighted by Crippen LogP contribution is -2.51. The summed E-state index contributed by atoms with van der Waals surface area (Å²) in [6.45, 7) is 4.28. The number of benzene rings is 1. The number of pyridine rings is 1. The van der Waals surface area contributed by atoms with Gasteiger partial charge >= 0.3 is 0 Å². The molecule has 1 saturated heterocycles. The molecule has 1 aliphatic heterocycles. The summed E-state index contributed by atoms with van der Waals surface area (Å²) in [5.41, 5.74) is 8.38. The van der Waals surface area contributed by atoms with Gasteiger partial charge in [0.25, 0.3) is 0 Å². The standard InChI is InChI=1S/C18H22ClN5.HI/c19-15-4-6-17(7-5-15)23-11-13-24(14-12-23)18(20)22-10-8-16-3-1-2-9-21-16;/h1-7,9H,8,10-14H2,(H2,20,22);1H. The van der Waals surface area contributed by atoms with Crippen molar-refractivity contribution in [2.24, 2.45) is 10.7 Å². The van der Waals surface area contributed by atoms with E-state index in [9.17, 15) is 0 Å². The second-order valence-corrected chi connectivity index (χ2v) is 6.20. The summed E-state index contributed by atoms with van der Waals surface area (Å²) < 4.78 is 0. The van der Waals surface area contributed by atoms with Gasteiger partial charge in [0, 0.05) is 61.7 Å². The summed E-state index contributed by atoms with van der Waals surface area (Å²) in [5, 5.41) is 0.765. The molecule has 0 bridgehead atoms. The molecule has 1 aromatic carbocycles. The van der Waals surface area contributed by atoms with Gasteiger partial charge in [-0.1, -0.05) is 17.7 Å². The first-order chi connectivity index (χ1) is 11.7.